The molecule has 3 nitrogen and oxygen atoms in total. The molecule has 0 saturated carbocycles. The molecule has 88 valence electrons. The molecule has 0 spiro atoms. The molecule has 0 aromatic heterocycles. The molecule has 0 atom stereocenters. The van der Waals surface area contributed by atoms with Gasteiger partial charge >= 0.3 is 0 Å². The van der Waals surface area contributed by atoms with Gasteiger partial charge in [0.15, 0.2) is 5.78 Å². The minimum atomic E-state index is 0.0821. The Bertz CT molecular complexity index is 319. The van der Waals surface area contributed by atoms with Crippen LogP contribution >= 0.6 is 0 Å². The first kappa shape index (κ1) is 12.7. The number of carbonyl (C=O) groups is 1. The van der Waals surface area contributed by atoms with Crippen molar-refractivity contribution in [2.75, 3.05) is 19.7 Å². The Morgan fingerprint density at radius 2 is 2.00 bits per heavy atom. The maximum atomic E-state index is 11.0. The molecule has 0 unspecified atom stereocenters. The van der Waals surface area contributed by atoms with E-state index in [1.165, 1.54) is 0 Å². The Balaban J connectivity index is 2.29. The van der Waals surface area contributed by atoms with E-state index >= 15 is 0 Å². The van der Waals surface area contributed by atoms with Crippen LogP contribution in [-0.4, -0.2) is 25.5 Å². The van der Waals surface area contributed by atoms with Gasteiger partial charge in [0.05, 0.1) is 6.61 Å². The van der Waals surface area contributed by atoms with E-state index in [4.69, 9.17) is 4.74 Å². The van der Waals surface area contributed by atoms with E-state index < -0.39 is 0 Å². The molecule has 0 aliphatic carbocycles. The maximum absolute atomic E-state index is 11.0. The molecule has 0 fully saturated rings. The Morgan fingerprint density at radius 1 is 1.31 bits per heavy atom. The molecule has 0 aliphatic heterocycles. The molecule has 3 heteroatoms. The van der Waals surface area contributed by atoms with Crippen molar-refractivity contribution in [1.82, 2.24) is 5.32 Å². The average Bonchev–Trinajstić information content (AvgIpc) is 2.29. The van der Waals surface area contributed by atoms with Gasteiger partial charge < -0.3 is 10.1 Å². The minimum Gasteiger partial charge on any atom is -0.494 e. The van der Waals surface area contributed by atoms with E-state index in [2.05, 4.69) is 12.2 Å². The van der Waals surface area contributed by atoms with Crippen LogP contribution in [-0.2, 0) is 0 Å². The number of rotatable bonds is 7. The van der Waals surface area contributed by atoms with Crippen LogP contribution in [0, 0.1) is 0 Å². The summed E-state index contributed by atoms with van der Waals surface area (Å²) in [5.41, 5.74) is 0.722. The van der Waals surface area contributed by atoms with Gasteiger partial charge in [0.2, 0.25) is 0 Å². The van der Waals surface area contributed by atoms with Gasteiger partial charge in [-0.3, -0.25) is 4.79 Å². The fraction of sp³-hybridized carbons (Fsp3) is 0.462. The molecule has 16 heavy (non-hydrogen) atoms. The molecule has 0 saturated heterocycles. The van der Waals surface area contributed by atoms with E-state index in [9.17, 15) is 4.79 Å². The van der Waals surface area contributed by atoms with Crippen LogP contribution < -0.4 is 10.1 Å². The summed E-state index contributed by atoms with van der Waals surface area (Å²) in [7, 11) is 0. The van der Waals surface area contributed by atoms with Crippen LogP contribution in [0.3, 0.4) is 0 Å². The molecule has 1 aromatic carbocycles. The monoisotopic (exact) mass is 221 g/mol. The highest BCUT2D eigenvalue weighted by Crippen LogP contribution is 2.12. The molecule has 1 aromatic rings. The number of ether oxygens (including phenoxy) is 1. The van der Waals surface area contributed by atoms with Crippen LogP contribution in [0.2, 0.25) is 0 Å². The van der Waals surface area contributed by atoms with E-state index in [0.717, 1.165) is 30.8 Å². The predicted molar refractivity (Wildman–Crippen MR) is 65.1 cm³/mol. The lowest BCUT2D eigenvalue weighted by atomic mass is 10.1. The van der Waals surface area contributed by atoms with Gasteiger partial charge in [0.25, 0.3) is 0 Å². The van der Waals surface area contributed by atoms with Crippen LogP contribution in [0.5, 0.6) is 5.75 Å². The normalized spacial score (nSPS) is 10.1. The molecule has 0 bridgehead atoms. The highest BCUT2D eigenvalue weighted by atomic mass is 16.5. The van der Waals surface area contributed by atoms with Crippen molar-refractivity contribution in [3.05, 3.63) is 29.8 Å². The number of hydrogen-bond donors (Lipinski definition) is 1. The maximum Gasteiger partial charge on any atom is 0.159 e. The molecule has 0 aliphatic rings. The quantitative estimate of drug-likeness (QED) is 0.567. The first-order valence-corrected chi connectivity index (χ1v) is 5.68. The van der Waals surface area contributed by atoms with Gasteiger partial charge in [-0.2, -0.15) is 0 Å². The zero-order valence-corrected chi connectivity index (χ0v) is 9.95. The molecule has 1 N–H and O–H groups in total. The fourth-order valence-corrected chi connectivity index (χ4v) is 1.35. The zero-order valence-electron chi connectivity index (χ0n) is 9.95. The third kappa shape index (κ3) is 4.45. The van der Waals surface area contributed by atoms with Gasteiger partial charge in [-0.05, 0) is 50.7 Å². The number of benzene rings is 1. The highest BCUT2D eigenvalue weighted by molar-refractivity contribution is 5.94. The second-order valence-corrected chi connectivity index (χ2v) is 3.64. The Hall–Kier alpha value is -1.35. The largest absolute Gasteiger partial charge is 0.494 e. The first-order valence-electron chi connectivity index (χ1n) is 5.68. The SMILES string of the molecule is CCNCCCOc1ccc(C(C)=O)cc1. The Morgan fingerprint density at radius 3 is 2.56 bits per heavy atom. The number of nitrogens with one attached hydrogen (secondary N) is 1. The highest BCUT2D eigenvalue weighted by Gasteiger charge is 1.99. The number of hydrogen-bond acceptors (Lipinski definition) is 3. The van der Waals surface area contributed by atoms with E-state index in [1.807, 2.05) is 12.1 Å². The molecular formula is C13H19NO2. The molecule has 1 rings (SSSR count). The van der Waals surface area contributed by atoms with E-state index in [0.29, 0.717) is 6.61 Å². The van der Waals surface area contributed by atoms with Crippen molar-refractivity contribution >= 4 is 5.78 Å². The standard InChI is InChI=1S/C13H19NO2/c1-3-14-9-4-10-16-13-7-5-12(6-8-13)11(2)15/h5-8,14H,3-4,9-10H2,1-2H3. The van der Waals surface area contributed by atoms with Gasteiger partial charge in [-0.25, -0.2) is 0 Å². The predicted octanol–water partition coefficient (Wildman–Crippen LogP) is 2.27. The topological polar surface area (TPSA) is 38.3 Å². The van der Waals surface area contributed by atoms with Crippen LogP contribution in [0.4, 0.5) is 0 Å². The van der Waals surface area contributed by atoms with Crippen molar-refractivity contribution < 1.29 is 9.53 Å². The summed E-state index contributed by atoms with van der Waals surface area (Å²) in [6.07, 6.45) is 0.988. The van der Waals surface area contributed by atoms with Crippen LogP contribution in [0.1, 0.15) is 30.6 Å². The third-order valence-corrected chi connectivity index (χ3v) is 2.28. The molecule has 0 amide bonds. The summed E-state index contributed by atoms with van der Waals surface area (Å²) >= 11 is 0. The lowest BCUT2D eigenvalue weighted by Crippen LogP contribution is -2.16. The molecular weight excluding hydrogens is 202 g/mol. The Labute approximate surface area is 96.8 Å². The average molecular weight is 221 g/mol. The molecule has 0 radical (unpaired) electrons. The van der Waals surface area contributed by atoms with E-state index in [-0.39, 0.29) is 5.78 Å². The smallest absolute Gasteiger partial charge is 0.159 e. The summed E-state index contributed by atoms with van der Waals surface area (Å²) in [6.45, 7) is 6.31. The minimum absolute atomic E-state index is 0.0821. The second kappa shape index (κ2) is 7.01. The second-order valence-electron chi connectivity index (χ2n) is 3.64. The van der Waals surface area contributed by atoms with Crippen LogP contribution in [0.15, 0.2) is 24.3 Å². The van der Waals surface area contributed by atoms with Gasteiger partial charge in [-0.1, -0.05) is 6.92 Å². The number of ketones is 1. The summed E-state index contributed by atoms with van der Waals surface area (Å²) in [4.78, 5) is 11.0. The van der Waals surface area contributed by atoms with Crippen molar-refractivity contribution in [3.63, 3.8) is 0 Å². The van der Waals surface area contributed by atoms with E-state index in [1.54, 1.807) is 19.1 Å². The number of carbonyl (C=O) groups excluding carboxylic acids is 1. The van der Waals surface area contributed by atoms with Crippen molar-refractivity contribution in [1.29, 1.82) is 0 Å². The third-order valence-electron chi connectivity index (χ3n) is 2.28. The van der Waals surface area contributed by atoms with Crippen molar-refractivity contribution in [3.8, 4) is 5.75 Å². The lowest BCUT2D eigenvalue weighted by Gasteiger charge is -2.06. The zero-order chi connectivity index (χ0) is 11.8. The summed E-state index contributed by atoms with van der Waals surface area (Å²) in [6, 6.07) is 7.26. The summed E-state index contributed by atoms with van der Waals surface area (Å²) < 4.78 is 5.54. The summed E-state index contributed by atoms with van der Waals surface area (Å²) in [5.74, 6) is 0.903. The molecule has 0 heterocycles. The fourth-order valence-electron chi connectivity index (χ4n) is 1.35. The van der Waals surface area contributed by atoms with Gasteiger partial charge in [-0.15, -0.1) is 0 Å². The summed E-state index contributed by atoms with van der Waals surface area (Å²) in [5, 5.41) is 3.23. The van der Waals surface area contributed by atoms with Gasteiger partial charge in [0.1, 0.15) is 5.75 Å². The Kier molecular flexibility index (Phi) is 5.57. The van der Waals surface area contributed by atoms with Crippen LogP contribution in [0.25, 0.3) is 0 Å². The lowest BCUT2D eigenvalue weighted by molar-refractivity contribution is 0.101. The van der Waals surface area contributed by atoms with Gasteiger partial charge in [0, 0.05) is 5.56 Å². The first-order chi connectivity index (χ1) is 7.74. The van der Waals surface area contributed by atoms with Crippen molar-refractivity contribution in [2.24, 2.45) is 0 Å². The van der Waals surface area contributed by atoms with Crippen molar-refractivity contribution in [2.45, 2.75) is 20.3 Å². The number of Topliss-reactive ketones (excluding diaryl/α,β-unsaturated/α-hetero) is 1.